The molecule has 0 unspecified atom stereocenters. The van der Waals surface area contributed by atoms with Gasteiger partial charge >= 0.3 is 0 Å². The molecule has 1 aromatic carbocycles. The second-order valence-corrected chi connectivity index (χ2v) is 9.93. The van der Waals surface area contributed by atoms with Crippen LogP contribution in [0.2, 0.25) is 0 Å². The van der Waals surface area contributed by atoms with Crippen molar-refractivity contribution < 1.29 is 4.79 Å². The summed E-state index contributed by atoms with van der Waals surface area (Å²) in [6.07, 6.45) is 3.40. The molecule has 0 bridgehead atoms. The molecule has 138 valence electrons. The Labute approximate surface area is 160 Å². The zero-order chi connectivity index (χ0) is 18.5. The van der Waals surface area contributed by atoms with Gasteiger partial charge in [0.25, 0.3) is 5.91 Å². The number of aromatic nitrogens is 2. The first kappa shape index (κ1) is 17.7. The molecule has 2 heterocycles. The minimum atomic E-state index is -0.114. The van der Waals surface area contributed by atoms with Crippen LogP contribution in [0.25, 0.3) is 0 Å². The van der Waals surface area contributed by atoms with Crippen molar-refractivity contribution >= 4 is 23.4 Å². The number of nitrogens with zero attached hydrogens (tertiary/aromatic N) is 3. The van der Waals surface area contributed by atoms with E-state index in [9.17, 15) is 4.79 Å². The highest BCUT2D eigenvalue weighted by Gasteiger charge is 2.34. The summed E-state index contributed by atoms with van der Waals surface area (Å²) in [6, 6.07) is 10.3. The molecule has 5 heteroatoms. The molecule has 1 aliphatic carbocycles. The number of thioether (sulfide) groups is 1. The Bertz CT molecular complexity index is 832. The molecule has 4 nitrogen and oxygen atoms in total. The van der Waals surface area contributed by atoms with Crippen LogP contribution in [0.4, 0.5) is 5.69 Å². The fraction of sp³-hybridized carbons (Fsp3) is 0.524. The summed E-state index contributed by atoms with van der Waals surface area (Å²) in [6.45, 7) is 9.43. The highest BCUT2D eigenvalue weighted by atomic mass is 32.2. The predicted molar refractivity (Wildman–Crippen MR) is 107 cm³/mol. The van der Waals surface area contributed by atoms with Crippen LogP contribution < -0.4 is 4.90 Å². The first-order chi connectivity index (χ1) is 12.3. The van der Waals surface area contributed by atoms with E-state index in [0.717, 1.165) is 18.7 Å². The Hall–Kier alpha value is -1.75. The van der Waals surface area contributed by atoms with Crippen molar-refractivity contribution in [3.63, 3.8) is 0 Å². The molecule has 1 aliphatic heterocycles. The van der Waals surface area contributed by atoms with Crippen LogP contribution >= 0.6 is 11.8 Å². The molecule has 1 amide bonds. The monoisotopic (exact) mass is 369 g/mol. The van der Waals surface area contributed by atoms with Gasteiger partial charge in [0, 0.05) is 28.3 Å². The van der Waals surface area contributed by atoms with E-state index in [1.807, 2.05) is 34.9 Å². The van der Waals surface area contributed by atoms with Gasteiger partial charge in [0.15, 0.2) is 5.69 Å². The SMILES string of the molecule is C[C@H]1CCN(C(=O)c2cc(C3CC3)n(C(C)(C)C)n2)c2ccccc2S1. The van der Waals surface area contributed by atoms with Crippen molar-refractivity contribution in [2.45, 2.75) is 68.6 Å². The average molecular weight is 370 g/mol. The van der Waals surface area contributed by atoms with E-state index in [1.54, 1.807) is 0 Å². The summed E-state index contributed by atoms with van der Waals surface area (Å²) < 4.78 is 2.07. The number of carbonyl (C=O) groups excluding carboxylic acids is 1. The Kier molecular flexibility index (Phi) is 4.38. The first-order valence-corrected chi connectivity index (χ1v) is 10.4. The smallest absolute Gasteiger partial charge is 0.278 e. The molecular formula is C21H27N3OS. The molecule has 0 N–H and O–H groups in total. The molecule has 4 rings (SSSR count). The third kappa shape index (κ3) is 3.29. The lowest BCUT2D eigenvalue weighted by molar-refractivity contribution is 0.0980. The standard InChI is InChI=1S/C21H27N3OS/c1-14-11-12-23(17-7-5-6-8-19(17)26-14)20(25)16-13-18(15-9-10-15)24(22-16)21(2,3)4/h5-8,13-15H,9-12H2,1-4H3/t14-/m0/s1. The van der Waals surface area contributed by atoms with Crippen LogP contribution in [0.5, 0.6) is 0 Å². The van der Waals surface area contributed by atoms with Gasteiger partial charge in [-0.25, -0.2) is 0 Å². The van der Waals surface area contributed by atoms with Gasteiger partial charge in [-0.1, -0.05) is 19.1 Å². The quantitative estimate of drug-likeness (QED) is 0.744. The second kappa shape index (κ2) is 6.45. The predicted octanol–water partition coefficient (Wildman–Crippen LogP) is 5.05. The largest absolute Gasteiger partial charge is 0.306 e. The lowest BCUT2D eigenvalue weighted by Crippen LogP contribution is -2.33. The third-order valence-electron chi connectivity index (χ3n) is 5.08. The zero-order valence-corrected chi connectivity index (χ0v) is 16.8. The van der Waals surface area contributed by atoms with E-state index in [0.29, 0.717) is 16.9 Å². The van der Waals surface area contributed by atoms with Gasteiger partial charge in [0.05, 0.1) is 11.2 Å². The van der Waals surface area contributed by atoms with E-state index in [-0.39, 0.29) is 11.4 Å². The van der Waals surface area contributed by atoms with E-state index in [1.165, 1.54) is 23.4 Å². The molecule has 1 atom stereocenters. The molecule has 1 saturated carbocycles. The van der Waals surface area contributed by atoms with Crippen LogP contribution in [0.15, 0.2) is 35.2 Å². The van der Waals surface area contributed by atoms with Crippen LogP contribution in [-0.2, 0) is 5.54 Å². The first-order valence-electron chi connectivity index (χ1n) is 9.52. The number of benzene rings is 1. The molecular weight excluding hydrogens is 342 g/mol. The molecule has 0 spiro atoms. The second-order valence-electron chi connectivity index (χ2n) is 8.45. The Morgan fingerprint density at radius 1 is 1.19 bits per heavy atom. The summed E-state index contributed by atoms with van der Waals surface area (Å²) in [7, 11) is 0. The van der Waals surface area contributed by atoms with E-state index >= 15 is 0 Å². The summed E-state index contributed by atoms with van der Waals surface area (Å²) in [4.78, 5) is 16.5. The minimum Gasteiger partial charge on any atom is -0.306 e. The summed E-state index contributed by atoms with van der Waals surface area (Å²) in [5.41, 5.74) is 2.70. The number of hydrogen-bond donors (Lipinski definition) is 0. The van der Waals surface area contributed by atoms with Gasteiger partial charge in [0.2, 0.25) is 0 Å². The Morgan fingerprint density at radius 3 is 2.62 bits per heavy atom. The number of para-hydroxylation sites is 1. The van der Waals surface area contributed by atoms with Crippen molar-refractivity contribution in [3.05, 3.63) is 41.7 Å². The molecule has 0 radical (unpaired) electrons. The zero-order valence-electron chi connectivity index (χ0n) is 16.0. The number of carbonyl (C=O) groups is 1. The Balaban J connectivity index is 1.72. The maximum Gasteiger partial charge on any atom is 0.278 e. The number of anilines is 1. The van der Waals surface area contributed by atoms with Crippen molar-refractivity contribution in [2.24, 2.45) is 0 Å². The molecule has 26 heavy (non-hydrogen) atoms. The molecule has 1 fully saturated rings. The van der Waals surface area contributed by atoms with Gasteiger partial charge in [-0.2, -0.15) is 5.10 Å². The van der Waals surface area contributed by atoms with Crippen LogP contribution in [-0.4, -0.2) is 27.5 Å². The summed E-state index contributed by atoms with van der Waals surface area (Å²) in [5, 5.41) is 5.26. The Morgan fingerprint density at radius 2 is 1.92 bits per heavy atom. The topological polar surface area (TPSA) is 38.1 Å². The lowest BCUT2D eigenvalue weighted by atomic mass is 10.1. The van der Waals surface area contributed by atoms with Gasteiger partial charge < -0.3 is 4.90 Å². The van der Waals surface area contributed by atoms with Crippen molar-refractivity contribution in [3.8, 4) is 0 Å². The number of amides is 1. The molecule has 1 aromatic heterocycles. The maximum absolute atomic E-state index is 13.4. The summed E-state index contributed by atoms with van der Waals surface area (Å²) in [5.74, 6) is 0.590. The van der Waals surface area contributed by atoms with Gasteiger partial charge in [-0.3, -0.25) is 9.48 Å². The van der Waals surface area contributed by atoms with Gasteiger partial charge in [-0.05, 0) is 58.2 Å². The number of hydrogen-bond acceptors (Lipinski definition) is 3. The van der Waals surface area contributed by atoms with Crippen molar-refractivity contribution in [2.75, 3.05) is 11.4 Å². The fourth-order valence-electron chi connectivity index (χ4n) is 3.54. The van der Waals surface area contributed by atoms with E-state index in [4.69, 9.17) is 5.10 Å². The molecule has 0 saturated heterocycles. The van der Waals surface area contributed by atoms with Crippen LogP contribution in [0.3, 0.4) is 0 Å². The fourth-order valence-corrected chi connectivity index (χ4v) is 4.66. The maximum atomic E-state index is 13.4. The van der Waals surface area contributed by atoms with Crippen LogP contribution in [0.1, 0.15) is 69.1 Å². The van der Waals surface area contributed by atoms with Gasteiger partial charge in [-0.15, -0.1) is 11.8 Å². The number of rotatable bonds is 2. The van der Waals surface area contributed by atoms with Crippen molar-refractivity contribution in [1.29, 1.82) is 0 Å². The lowest BCUT2D eigenvalue weighted by Gasteiger charge is -2.23. The third-order valence-corrected chi connectivity index (χ3v) is 6.31. The number of fused-ring (bicyclic) bond motifs is 1. The van der Waals surface area contributed by atoms with E-state index in [2.05, 4.69) is 44.5 Å². The minimum absolute atomic E-state index is 0.0250. The normalized spacial score (nSPS) is 20.6. The highest BCUT2D eigenvalue weighted by Crippen LogP contribution is 2.42. The average Bonchev–Trinajstić information content (AvgIpc) is 3.35. The van der Waals surface area contributed by atoms with E-state index < -0.39 is 0 Å². The molecule has 2 aliphatic rings. The van der Waals surface area contributed by atoms with Gasteiger partial charge in [0.1, 0.15) is 0 Å². The highest BCUT2D eigenvalue weighted by molar-refractivity contribution is 8.00. The summed E-state index contributed by atoms with van der Waals surface area (Å²) >= 11 is 1.86. The van der Waals surface area contributed by atoms with Crippen molar-refractivity contribution in [1.82, 2.24) is 9.78 Å². The molecule has 2 aromatic rings. The van der Waals surface area contributed by atoms with Crippen LogP contribution in [0, 0.1) is 0 Å².